The zero-order chi connectivity index (χ0) is 19.6. The Balaban J connectivity index is 1.81. The molecule has 0 aliphatic carbocycles. The summed E-state index contributed by atoms with van der Waals surface area (Å²) in [7, 11) is -4.25. The molecule has 0 unspecified atom stereocenters. The molecular formula is C18H17FN4O3S. The fourth-order valence-electron chi connectivity index (χ4n) is 2.50. The molecule has 2 aromatic carbocycles. The predicted octanol–water partition coefficient (Wildman–Crippen LogP) is 2.25. The highest BCUT2D eigenvalue weighted by Crippen LogP contribution is 2.16. The predicted molar refractivity (Wildman–Crippen MR) is 97.2 cm³/mol. The Hall–Kier alpha value is -3.04. The van der Waals surface area contributed by atoms with Crippen LogP contribution in [-0.4, -0.2) is 24.1 Å². The SMILES string of the molecule is Cc1cc(C(=O)NNS(=O)(=O)c2cc(C)ccc2F)cc(-n2cccn2)c1. The quantitative estimate of drug-likeness (QED) is 0.656. The Kier molecular flexibility index (Phi) is 5.06. The van der Waals surface area contributed by atoms with E-state index in [1.165, 1.54) is 12.1 Å². The molecule has 0 bridgehead atoms. The van der Waals surface area contributed by atoms with E-state index in [4.69, 9.17) is 0 Å². The molecule has 0 saturated heterocycles. The lowest BCUT2D eigenvalue weighted by molar-refractivity contribution is 0.0945. The molecule has 7 nitrogen and oxygen atoms in total. The number of hydrogen-bond donors (Lipinski definition) is 2. The van der Waals surface area contributed by atoms with E-state index in [-0.39, 0.29) is 5.56 Å². The van der Waals surface area contributed by atoms with Crippen LogP contribution in [0.5, 0.6) is 0 Å². The van der Waals surface area contributed by atoms with Crippen LogP contribution in [0.4, 0.5) is 4.39 Å². The first kappa shape index (κ1) is 18.7. The van der Waals surface area contributed by atoms with Crippen LogP contribution in [0.1, 0.15) is 21.5 Å². The van der Waals surface area contributed by atoms with E-state index in [1.54, 1.807) is 49.1 Å². The van der Waals surface area contributed by atoms with Crippen LogP contribution in [0, 0.1) is 19.7 Å². The van der Waals surface area contributed by atoms with Gasteiger partial charge in [-0.25, -0.2) is 17.5 Å². The summed E-state index contributed by atoms with van der Waals surface area (Å²) in [6.45, 7) is 3.44. The largest absolute Gasteiger partial charge is 0.273 e. The lowest BCUT2D eigenvalue weighted by atomic mass is 10.1. The number of aromatic nitrogens is 2. The lowest BCUT2D eigenvalue weighted by Crippen LogP contribution is -2.41. The molecule has 0 atom stereocenters. The number of carbonyl (C=O) groups excluding carboxylic acids is 1. The molecule has 27 heavy (non-hydrogen) atoms. The second-order valence-corrected chi connectivity index (χ2v) is 7.65. The lowest BCUT2D eigenvalue weighted by Gasteiger charge is -2.11. The number of sulfonamides is 1. The average molecular weight is 388 g/mol. The van der Waals surface area contributed by atoms with E-state index < -0.39 is 26.6 Å². The molecule has 1 aromatic heterocycles. The van der Waals surface area contributed by atoms with E-state index in [2.05, 4.69) is 10.5 Å². The normalized spacial score (nSPS) is 11.4. The van der Waals surface area contributed by atoms with Crippen molar-refractivity contribution in [2.75, 3.05) is 0 Å². The van der Waals surface area contributed by atoms with Crippen LogP contribution in [0.3, 0.4) is 0 Å². The van der Waals surface area contributed by atoms with Crippen molar-refractivity contribution in [1.82, 2.24) is 20.0 Å². The van der Waals surface area contributed by atoms with Crippen molar-refractivity contribution in [3.63, 3.8) is 0 Å². The summed E-state index contributed by atoms with van der Waals surface area (Å²) >= 11 is 0. The molecule has 0 saturated carbocycles. The number of carbonyl (C=O) groups is 1. The fourth-order valence-corrected chi connectivity index (χ4v) is 3.51. The van der Waals surface area contributed by atoms with E-state index in [0.29, 0.717) is 11.3 Å². The number of amides is 1. The third kappa shape index (κ3) is 4.21. The molecule has 9 heteroatoms. The van der Waals surface area contributed by atoms with Gasteiger partial charge in [0.15, 0.2) is 0 Å². The second kappa shape index (κ2) is 7.29. The summed E-state index contributed by atoms with van der Waals surface area (Å²) in [6, 6.07) is 10.4. The molecular weight excluding hydrogens is 371 g/mol. The maximum Gasteiger partial charge on any atom is 0.266 e. The molecule has 2 N–H and O–H groups in total. The van der Waals surface area contributed by atoms with Crippen molar-refractivity contribution in [2.45, 2.75) is 18.7 Å². The Bertz CT molecular complexity index is 1100. The smallest absolute Gasteiger partial charge is 0.266 e. The highest BCUT2D eigenvalue weighted by atomic mass is 32.2. The summed E-state index contributed by atoms with van der Waals surface area (Å²) < 4.78 is 40.0. The van der Waals surface area contributed by atoms with E-state index in [1.807, 2.05) is 10.9 Å². The number of nitrogens with zero attached hydrogens (tertiary/aromatic N) is 2. The maximum absolute atomic E-state index is 13.8. The monoisotopic (exact) mass is 388 g/mol. The Morgan fingerprint density at radius 3 is 2.59 bits per heavy atom. The maximum atomic E-state index is 13.8. The van der Waals surface area contributed by atoms with Crippen LogP contribution in [0.2, 0.25) is 0 Å². The number of benzene rings is 2. The molecule has 0 aliphatic rings. The van der Waals surface area contributed by atoms with Crippen molar-refractivity contribution >= 4 is 15.9 Å². The minimum absolute atomic E-state index is 0.230. The fraction of sp³-hybridized carbons (Fsp3) is 0.111. The van der Waals surface area contributed by atoms with E-state index in [9.17, 15) is 17.6 Å². The molecule has 0 fully saturated rings. The molecule has 3 aromatic rings. The van der Waals surface area contributed by atoms with Crippen molar-refractivity contribution in [2.24, 2.45) is 0 Å². The summed E-state index contributed by atoms with van der Waals surface area (Å²) in [4.78, 5) is 13.8. The Morgan fingerprint density at radius 1 is 1.11 bits per heavy atom. The highest BCUT2D eigenvalue weighted by molar-refractivity contribution is 7.89. The summed E-state index contributed by atoms with van der Waals surface area (Å²) in [6.07, 6.45) is 3.33. The van der Waals surface area contributed by atoms with Crippen LogP contribution in [0.15, 0.2) is 59.8 Å². The van der Waals surface area contributed by atoms with Gasteiger partial charge < -0.3 is 0 Å². The highest BCUT2D eigenvalue weighted by Gasteiger charge is 2.20. The standard InChI is InChI=1S/C18H17FN4O3S/c1-12-4-5-16(19)17(10-12)27(25,26)22-21-18(24)14-8-13(2)9-15(11-14)23-7-3-6-20-23/h3-11,22H,1-2H3,(H,21,24). The number of rotatable bonds is 5. The average Bonchev–Trinajstić information content (AvgIpc) is 3.16. The minimum atomic E-state index is -4.25. The third-order valence-corrected chi connectivity index (χ3v) is 5.03. The van der Waals surface area contributed by atoms with Gasteiger partial charge >= 0.3 is 0 Å². The zero-order valence-electron chi connectivity index (χ0n) is 14.6. The van der Waals surface area contributed by atoms with Gasteiger partial charge in [0.2, 0.25) is 0 Å². The van der Waals surface area contributed by atoms with Crippen LogP contribution >= 0.6 is 0 Å². The van der Waals surface area contributed by atoms with Crippen LogP contribution in [0.25, 0.3) is 5.69 Å². The first-order valence-electron chi connectivity index (χ1n) is 7.96. The number of aryl methyl sites for hydroxylation is 2. The number of hydrogen-bond acceptors (Lipinski definition) is 4. The number of halogens is 1. The van der Waals surface area contributed by atoms with Crippen molar-refractivity contribution in [3.8, 4) is 5.69 Å². The van der Waals surface area contributed by atoms with Gasteiger partial charge in [-0.05, 0) is 61.4 Å². The zero-order valence-corrected chi connectivity index (χ0v) is 15.4. The number of nitrogens with one attached hydrogen (secondary N) is 2. The first-order chi connectivity index (χ1) is 12.8. The van der Waals surface area contributed by atoms with Gasteiger partial charge in [0.1, 0.15) is 10.7 Å². The van der Waals surface area contributed by atoms with Gasteiger partial charge in [-0.1, -0.05) is 6.07 Å². The van der Waals surface area contributed by atoms with Crippen molar-refractivity contribution in [3.05, 3.63) is 77.4 Å². The van der Waals surface area contributed by atoms with Crippen LogP contribution < -0.4 is 10.3 Å². The van der Waals surface area contributed by atoms with Crippen molar-refractivity contribution in [1.29, 1.82) is 0 Å². The molecule has 1 heterocycles. The molecule has 0 spiro atoms. The van der Waals surface area contributed by atoms with E-state index in [0.717, 1.165) is 11.6 Å². The Morgan fingerprint density at radius 2 is 1.89 bits per heavy atom. The molecule has 1 amide bonds. The summed E-state index contributed by atoms with van der Waals surface area (Å²) in [5, 5.41) is 4.10. The number of hydrazine groups is 1. The minimum Gasteiger partial charge on any atom is -0.273 e. The first-order valence-corrected chi connectivity index (χ1v) is 9.44. The van der Waals surface area contributed by atoms with Gasteiger partial charge in [-0.2, -0.15) is 5.10 Å². The molecule has 0 aliphatic heterocycles. The van der Waals surface area contributed by atoms with Gasteiger partial charge in [-0.15, -0.1) is 4.83 Å². The van der Waals surface area contributed by atoms with Crippen molar-refractivity contribution < 1.29 is 17.6 Å². The summed E-state index contributed by atoms with van der Waals surface area (Å²) in [5.74, 6) is -1.58. The van der Waals surface area contributed by atoms with Gasteiger partial charge in [0, 0.05) is 18.0 Å². The third-order valence-electron chi connectivity index (χ3n) is 3.77. The second-order valence-electron chi connectivity index (χ2n) is 6.00. The molecule has 140 valence electrons. The van der Waals surface area contributed by atoms with Gasteiger partial charge in [-0.3, -0.25) is 10.2 Å². The Labute approximate surface area is 155 Å². The van der Waals surface area contributed by atoms with Gasteiger partial charge in [0.25, 0.3) is 15.9 Å². The molecule has 0 radical (unpaired) electrons. The van der Waals surface area contributed by atoms with Crippen LogP contribution in [-0.2, 0) is 10.0 Å². The van der Waals surface area contributed by atoms with Gasteiger partial charge in [0.05, 0.1) is 5.69 Å². The summed E-state index contributed by atoms with van der Waals surface area (Å²) in [5.41, 5.74) is 4.36. The molecule has 3 rings (SSSR count). The van der Waals surface area contributed by atoms with E-state index >= 15 is 0 Å². The topological polar surface area (TPSA) is 93.1 Å².